The fourth-order valence-corrected chi connectivity index (χ4v) is 2.31. The molecule has 1 amide bonds. The van der Waals surface area contributed by atoms with Gasteiger partial charge in [0.2, 0.25) is 5.76 Å². The first-order chi connectivity index (χ1) is 7.68. The highest BCUT2D eigenvalue weighted by Crippen LogP contribution is 2.18. The molecule has 16 heavy (non-hydrogen) atoms. The van der Waals surface area contributed by atoms with Crippen LogP contribution in [0.2, 0.25) is 0 Å². The summed E-state index contributed by atoms with van der Waals surface area (Å²) in [5.74, 6) is 0.190. The number of rotatable bonds is 2. The summed E-state index contributed by atoms with van der Waals surface area (Å²) in [5, 5.41) is 6.33. The average Bonchev–Trinajstić information content (AvgIpc) is 2.68. The summed E-state index contributed by atoms with van der Waals surface area (Å²) in [7, 11) is 0. The molecule has 1 aliphatic heterocycles. The van der Waals surface area contributed by atoms with Gasteiger partial charge in [0.25, 0.3) is 5.91 Å². The summed E-state index contributed by atoms with van der Waals surface area (Å²) in [5.41, 5.74) is 0. The van der Waals surface area contributed by atoms with Gasteiger partial charge >= 0.3 is 0 Å². The highest BCUT2D eigenvalue weighted by Gasteiger charge is 2.24. The molecule has 2 heterocycles. The van der Waals surface area contributed by atoms with E-state index in [1.54, 1.807) is 6.07 Å². The number of nitrogens with one attached hydrogen (secondary N) is 2. The molecule has 0 saturated carbocycles. The Kier molecular flexibility index (Phi) is 3.66. The van der Waals surface area contributed by atoms with E-state index in [0.29, 0.717) is 16.3 Å². The number of carbonyl (C=O) groups is 1. The largest absolute Gasteiger partial charge is 0.458 e. The summed E-state index contributed by atoms with van der Waals surface area (Å²) >= 11 is 3.28. The summed E-state index contributed by atoms with van der Waals surface area (Å²) in [4.78, 5) is 11.9. The number of furan rings is 1. The second-order valence-corrected chi connectivity index (χ2v) is 4.92. The zero-order valence-electron chi connectivity index (χ0n) is 9.13. The van der Waals surface area contributed by atoms with Crippen molar-refractivity contribution in [3.05, 3.63) is 22.6 Å². The van der Waals surface area contributed by atoms with E-state index in [0.717, 1.165) is 19.4 Å². The third-order valence-electron chi connectivity index (χ3n) is 2.90. The minimum Gasteiger partial charge on any atom is -0.458 e. The fourth-order valence-electron chi connectivity index (χ4n) is 1.93. The molecule has 1 aromatic heterocycles. The molecule has 2 rings (SSSR count). The Morgan fingerprint density at radius 2 is 2.50 bits per heavy atom. The van der Waals surface area contributed by atoms with E-state index in [2.05, 4.69) is 33.5 Å². The SMILES string of the molecule is CC1NCCCC1NC(=O)c1occc1Br. The molecule has 1 aromatic rings. The van der Waals surface area contributed by atoms with Crippen LogP contribution in [0.3, 0.4) is 0 Å². The van der Waals surface area contributed by atoms with Crippen molar-refractivity contribution in [3.63, 3.8) is 0 Å². The van der Waals surface area contributed by atoms with Crippen molar-refractivity contribution in [1.82, 2.24) is 10.6 Å². The molecule has 5 heteroatoms. The number of halogens is 1. The summed E-state index contributed by atoms with van der Waals surface area (Å²) in [6.45, 7) is 3.11. The van der Waals surface area contributed by atoms with Crippen LogP contribution in [0.15, 0.2) is 21.2 Å². The highest BCUT2D eigenvalue weighted by molar-refractivity contribution is 9.10. The van der Waals surface area contributed by atoms with E-state index in [9.17, 15) is 4.79 Å². The zero-order valence-corrected chi connectivity index (χ0v) is 10.7. The van der Waals surface area contributed by atoms with Crippen LogP contribution in [0, 0.1) is 0 Å². The molecular formula is C11H15BrN2O2. The van der Waals surface area contributed by atoms with E-state index >= 15 is 0 Å². The Bertz CT molecular complexity index is 378. The Labute approximate surface area is 103 Å². The first-order valence-corrected chi connectivity index (χ1v) is 6.25. The third kappa shape index (κ3) is 2.47. The predicted octanol–water partition coefficient (Wildman–Crippen LogP) is 1.91. The lowest BCUT2D eigenvalue weighted by molar-refractivity contribution is 0.0890. The van der Waals surface area contributed by atoms with Crippen molar-refractivity contribution in [2.75, 3.05) is 6.54 Å². The lowest BCUT2D eigenvalue weighted by Gasteiger charge is -2.30. The maximum Gasteiger partial charge on any atom is 0.288 e. The highest BCUT2D eigenvalue weighted by atomic mass is 79.9. The minimum absolute atomic E-state index is 0.155. The van der Waals surface area contributed by atoms with E-state index in [1.807, 2.05) is 0 Å². The monoisotopic (exact) mass is 286 g/mol. The van der Waals surface area contributed by atoms with Crippen LogP contribution in [-0.4, -0.2) is 24.5 Å². The minimum atomic E-state index is -0.155. The average molecular weight is 287 g/mol. The van der Waals surface area contributed by atoms with Gasteiger partial charge < -0.3 is 15.1 Å². The molecule has 1 fully saturated rings. The number of hydrogen-bond donors (Lipinski definition) is 2. The normalized spacial score (nSPS) is 25.4. The Morgan fingerprint density at radius 1 is 1.69 bits per heavy atom. The van der Waals surface area contributed by atoms with Crippen LogP contribution >= 0.6 is 15.9 Å². The molecular weight excluding hydrogens is 272 g/mol. The second-order valence-electron chi connectivity index (χ2n) is 4.06. The van der Waals surface area contributed by atoms with E-state index in [4.69, 9.17) is 4.42 Å². The topological polar surface area (TPSA) is 54.3 Å². The lowest BCUT2D eigenvalue weighted by Crippen LogP contribution is -2.51. The van der Waals surface area contributed by atoms with Crippen LogP contribution in [0.25, 0.3) is 0 Å². The summed E-state index contributed by atoms with van der Waals surface area (Å²) in [6, 6.07) is 2.21. The van der Waals surface area contributed by atoms with Crippen molar-refractivity contribution in [2.45, 2.75) is 31.8 Å². The van der Waals surface area contributed by atoms with Gasteiger partial charge in [0.05, 0.1) is 10.7 Å². The first-order valence-electron chi connectivity index (χ1n) is 5.45. The van der Waals surface area contributed by atoms with Gasteiger partial charge in [0, 0.05) is 12.1 Å². The zero-order chi connectivity index (χ0) is 11.5. The van der Waals surface area contributed by atoms with E-state index in [1.165, 1.54) is 6.26 Å². The maximum atomic E-state index is 11.9. The van der Waals surface area contributed by atoms with Crippen molar-refractivity contribution in [3.8, 4) is 0 Å². The Hall–Kier alpha value is -0.810. The number of hydrogen-bond acceptors (Lipinski definition) is 3. The number of amides is 1. The first kappa shape index (κ1) is 11.7. The van der Waals surface area contributed by atoms with Crippen LogP contribution in [0.5, 0.6) is 0 Å². The number of piperidine rings is 1. The fraction of sp³-hybridized carbons (Fsp3) is 0.545. The van der Waals surface area contributed by atoms with Crippen LogP contribution in [0.4, 0.5) is 0 Å². The van der Waals surface area contributed by atoms with Gasteiger partial charge in [0.15, 0.2) is 0 Å². The van der Waals surface area contributed by atoms with Gasteiger partial charge in [-0.2, -0.15) is 0 Å². The van der Waals surface area contributed by atoms with Crippen molar-refractivity contribution >= 4 is 21.8 Å². The summed E-state index contributed by atoms with van der Waals surface area (Å²) in [6.07, 6.45) is 3.61. The van der Waals surface area contributed by atoms with Crippen molar-refractivity contribution in [1.29, 1.82) is 0 Å². The molecule has 2 N–H and O–H groups in total. The molecule has 0 bridgehead atoms. The molecule has 0 aromatic carbocycles. The molecule has 1 aliphatic rings. The second kappa shape index (κ2) is 5.01. The molecule has 0 radical (unpaired) electrons. The van der Waals surface area contributed by atoms with Crippen LogP contribution in [0.1, 0.15) is 30.3 Å². The Balaban J connectivity index is 1.99. The van der Waals surface area contributed by atoms with Gasteiger partial charge in [-0.15, -0.1) is 0 Å². The lowest BCUT2D eigenvalue weighted by atomic mass is 10.00. The molecule has 1 saturated heterocycles. The van der Waals surface area contributed by atoms with Crippen LogP contribution in [-0.2, 0) is 0 Å². The smallest absolute Gasteiger partial charge is 0.288 e. The molecule has 88 valence electrons. The van der Waals surface area contributed by atoms with Crippen LogP contribution < -0.4 is 10.6 Å². The standard InChI is InChI=1S/C11H15BrN2O2/c1-7-9(3-2-5-13-7)14-11(15)10-8(12)4-6-16-10/h4,6-7,9,13H,2-3,5H2,1H3,(H,14,15). The predicted molar refractivity (Wildman–Crippen MR) is 64.4 cm³/mol. The van der Waals surface area contributed by atoms with Gasteiger partial charge in [-0.25, -0.2) is 0 Å². The van der Waals surface area contributed by atoms with Gasteiger partial charge in [-0.05, 0) is 48.3 Å². The molecule has 2 unspecified atom stereocenters. The van der Waals surface area contributed by atoms with Crippen molar-refractivity contribution in [2.24, 2.45) is 0 Å². The van der Waals surface area contributed by atoms with E-state index in [-0.39, 0.29) is 11.9 Å². The maximum absolute atomic E-state index is 11.9. The third-order valence-corrected chi connectivity index (χ3v) is 3.53. The molecule has 2 atom stereocenters. The summed E-state index contributed by atoms with van der Waals surface area (Å²) < 4.78 is 5.82. The number of carbonyl (C=O) groups excluding carboxylic acids is 1. The van der Waals surface area contributed by atoms with Gasteiger partial charge in [-0.3, -0.25) is 4.79 Å². The quantitative estimate of drug-likeness (QED) is 0.873. The molecule has 4 nitrogen and oxygen atoms in total. The van der Waals surface area contributed by atoms with Gasteiger partial charge in [0.1, 0.15) is 0 Å². The van der Waals surface area contributed by atoms with Gasteiger partial charge in [-0.1, -0.05) is 0 Å². The van der Waals surface area contributed by atoms with E-state index < -0.39 is 0 Å². The molecule has 0 aliphatic carbocycles. The molecule has 0 spiro atoms. The Morgan fingerprint density at radius 3 is 3.12 bits per heavy atom. The van der Waals surface area contributed by atoms with Crippen molar-refractivity contribution < 1.29 is 9.21 Å².